The highest BCUT2D eigenvalue weighted by Gasteiger charge is 2.10. The first kappa shape index (κ1) is 15.7. The monoisotopic (exact) mass is 342 g/mol. The van der Waals surface area contributed by atoms with Gasteiger partial charge < -0.3 is 0 Å². The van der Waals surface area contributed by atoms with Gasteiger partial charge in [-0.3, -0.25) is 4.79 Å². The second-order valence-electron chi connectivity index (χ2n) is 5.00. The fourth-order valence-electron chi connectivity index (χ4n) is 2.26. The number of allylic oxidation sites excluding steroid dienone is 1. The van der Waals surface area contributed by atoms with Crippen LogP contribution in [0.3, 0.4) is 0 Å². The summed E-state index contributed by atoms with van der Waals surface area (Å²) in [6, 6.07) is 10.7. The molecular weight excluding hydrogens is 331 g/mol. The summed E-state index contributed by atoms with van der Waals surface area (Å²) in [4.78, 5) is 21.0. The number of halogens is 2. The Morgan fingerprint density at radius 3 is 2.61 bits per heavy atom. The van der Waals surface area contributed by atoms with Crippen molar-refractivity contribution in [3.63, 3.8) is 0 Å². The van der Waals surface area contributed by atoms with Gasteiger partial charge in [0.2, 0.25) is 0 Å². The molecule has 0 bridgehead atoms. The van der Waals surface area contributed by atoms with Crippen molar-refractivity contribution in [1.82, 2.24) is 9.97 Å². The number of hydrogen-bond donors (Lipinski definition) is 0. The molecule has 3 nitrogen and oxygen atoms in total. The van der Waals surface area contributed by atoms with Crippen molar-refractivity contribution >= 4 is 46.1 Å². The molecule has 0 saturated heterocycles. The first-order valence-electron chi connectivity index (χ1n) is 6.95. The molecule has 2 aromatic heterocycles. The van der Waals surface area contributed by atoms with Gasteiger partial charge in [0.25, 0.3) is 0 Å². The molecule has 0 saturated carbocycles. The molecule has 0 amide bonds. The van der Waals surface area contributed by atoms with Crippen molar-refractivity contribution in [3.05, 3.63) is 75.5 Å². The molecule has 3 aromatic rings. The van der Waals surface area contributed by atoms with Crippen LogP contribution < -0.4 is 0 Å². The summed E-state index contributed by atoms with van der Waals surface area (Å²) in [6.45, 7) is 1.79. The highest BCUT2D eigenvalue weighted by molar-refractivity contribution is 6.37. The maximum Gasteiger partial charge on any atom is 0.187 e. The first-order chi connectivity index (χ1) is 11.1. The van der Waals surface area contributed by atoms with Gasteiger partial charge in [-0.25, -0.2) is 9.97 Å². The molecule has 0 atom stereocenters. The van der Waals surface area contributed by atoms with Crippen LogP contribution in [0.15, 0.2) is 48.7 Å². The first-order valence-corrected chi connectivity index (χ1v) is 7.70. The van der Waals surface area contributed by atoms with Crippen molar-refractivity contribution in [1.29, 1.82) is 0 Å². The maximum atomic E-state index is 12.5. The predicted octanol–water partition coefficient (Wildman–Crippen LogP) is 5.14. The topological polar surface area (TPSA) is 42.9 Å². The third-order valence-corrected chi connectivity index (χ3v) is 4.11. The smallest absolute Gasteiger partial charge is 0.187 e. The average molecular weight is 343 g/mol. The van der Waals surface area contributed by atoms with Crippen LogP contribution in [0.5, 0.6) is 0 Å². The summed E-state index contributed by atoms with van der Waals surface area (Å²) >= 11 is 12.2. The summed E-state index contributed by atoms with van der Waals surface area (Å²) in [7, 11) is 0. The van der Waals surface area contributed by atoms with Gasteiger partial charge >= 0.3 is 0 Å². The zero-order valence-electron chi connectivity index (χ0n) is 12.3. The number of aryl methyl sites for hydroxylation is 1. The van der Waals surface area contributed by atoms with E-state index in [1.54, 1.807) is 43.5 Å². The lowest BCUT2D eigenvalue weighted by molar-refractivity contribution is 0.104. The van der Waals surface area contributed by atoms with Crippen LogP contribution in [-0.2, 0) is 0 Å². The molecule has 0 fully saturated rings. The molecule has 0 aliphatic carbocycles. The minimum absolute atomic E-state index is 0.156. The predicted molar refractivity (Wildman–Crippen MR) is 94.1 cm³/mol. The average Bonchev–Trinajstić information content (AvgIpc) is 2.53. The van der Waals surface area contributed by atoms with Gasteiger partial charge in [0, 0.05) is 32.8 Å². The molecule has 0 spiro atoms. The van der Waals surface area contributed by atoms with Gasteiger partial charge in [0.05, 0.1) is 5.69 Å². The Kier molecular flexibility index (Phi) is 4.42. The molecule has 3 rings (SSSR count). The van der Waals surface area contributed by atoms with E-state index in [1.165, 1.54) is 6.08 Å². The van der Waals surface area contributed by atoms with E-state index < -0.39 is 0 Å². The van der Waals surface area contributed by atoms with Gasteiger partial charge in [-0.15, -0.1) is 0 Å². The molecule has 0 aliphatic heterocycles. The van der Waals surface area contributed by atoms with E-state index in [1.807, 2.05) is 12.1 Å². The summed E-state index contributed by atoms with van der Waals surface area (Å²) < 4.78 is 0. The number of fused-ring (bicyclic) bond motifs is 1. The number of rotatable bonds is 3. The van der Waals surface area contributed by atoms with Crippen molar-refractivity contribution in [2.45, 2.75) is 6.92 Å². The SMILES string of the molecule is Cc1nc2ncccc2cc1C(=O)/C=C/c1c(Cl)cccc1Cl. The highest BCUT2D eigenvalue weighted by Crippen LogP contribution is 2.26. The Hall–Kier alpha value is -2.23. The number of carbonyl (C=O) groups is 1. The van der Waals surface area contributed by atoms with Gasteiger partial charge in [0.1, 0.15) is 0 Å². The Morgan fingerprint density at radius 1 is 1.13 bits per heavy atom. The Labute approximate surface area is 143 Å². The molecule has 0 unspecified atom stereocenters. The van der Waals surface area contributed by atoms with Crippen molar-refractivity contribution in [2.75, 3.05) is 0 Å². The number of hydrogen-bond acceptors (Lipinski definition) is 3. The summed E-state index contributed by atoms with van der Waals surface area (Å²) in [5.74, 6) is -0.156. The van der Waals surface area contributed by atoms with Crippen LogP contribution in [0.2, 0.25) is 10.0 Å². The van der Waals surface area contributed by atoms with Crippen LogP contribution in [-0.4, -0.2) is 15.8 Å². The van der Waals surface area contributed by atoms with E-state index in [9.17, 15) is 4.79 Å². The fraction of sp³-hybridized carbons (Fsp3) is 0.0556. The van der Waals surface area contributed by atoms with E-state index in [-0.39, 0.29) is 5.78 Å². The Morgan fingerprint density at radius 2 is 1.87 bits per heavy atom. The summed E-state index contributed by atoms with van der Waals surface area (Å²) in [6.07, 6.45) is 4.76. The van der Waals surface area contributed by atoms with Crippen LogP contribution in [0.25, 0.3) is 17.1 Å². The van der Waals surface area contributed by atoms with E-state index in [0.717, 1.165) is 5.39 Å². The normalized spacial score (nSPS) is 11.3. The molecular formula is C18H12Cl2N2O. The summed E-state index contributed by atoms with van der Waals surface area (Å²) in [5, 5.41) is 1.82. The third-order valence-electron chi connectivity index (χ3n) is 3.45. The molecule has 2 heterocycles. The van der Waals surface area contributed by atoms with Crippen LogP contribution in [0, 0.1) is 6.92 Å². The van der Waals surface area contributed by atoms with Crippen LogP contribution in [0.4, 0.5) is 0 Å². The lowest BCUT2D eigenvalue weighted by Crippen LogP contribution is -2.01. The zero-order valence-corrected chi connectivity index (χ0v) is 13.8. The number of benzene rings is 1. The summed E-state index contributed by atoms with van der Waals surface area (Å²) in [5.41, 5.74) is 2.41. The van der Waals surface area contributed by atoms with E-state index in [2.05, 4.69) is 9.97 Å². The van der Waals surface area contributed by atoms with Crippen molar-refractivity contribution in [2.24, 2.45) is 0 Å². The maximum absolute atomic E-state index is 12.5. The molecule has 5 heteroatoms. The van der Waals surface area contributed by atoms with Gasteiger partial charge in [-0.05, 0) is 49.4 Å². The highest BCUT2D eigenvalue weighted by atomic mass is 35.5. The van der Waals surface area contributed by atoms with Gasteiger partial charge in [-0.2, -0.15) is 0 Å². The van der Waals surface area contributed by atoms with Crippen molar-refractivity contribution in [3.8, 4) is 0 Å². The Balaban J connectivity index is 1.97. The molecule has 0 aliphatic rings. The number of nitrogens with zero attached hydrogens (tertiary/aromatic N) is 2. The number of aromatic nitrogens is 2. The molecule has 0 radical (unpaired) electrons. The standard InChI is InChI=1S/C18H12Cl2N2O/c1-11-14(10-12-4-3-9-21-18(12)22-11)17(23)8-7-13-15(19)5-2-6-16(13)20/h2-10H,1H3/b8-7+. The zero-order chi connectivity index (χ0) is 16.4. The lowest BCUT2D eigenvalue weighted by Gasteiger charge is -2.04. The molecule has 114 valence electrons. The van der Waals surface area contributed by atoms with Crippen molar-refractivity contribution < 1.29 is 4.79 Å². The quantitative estimate of drug-likeness (QED) is 0.488. The Bertz CT molecular complexity index is 915. The van der Waals surface area contributed by atoms with Crippen LogP contribution >= 0.6 is 23.2 Å². The van der Waals surface area contributed by atoms with Gasteiger partial charge in [0.15, 0.2) is 11.4 Å². The fourth-order valence-corrected chi connectivity index (χ4v) is 2.79. The minimum atomic E-state index is -0.156. The molecule has 0 N–H and O–H groups in total. The molecule has 23 heavy (non-hydrogen) atoms. The van der Waals surface area contributed by atoms with E-state index in [4.69, 9.17) is 23.2 Å². The number of pyridine rings is 2. The van der Waals surface area contributed by atoms with Gasteiger partial charge in [-0.1, -0.05) is 29.3 Å². The second-order valence-corrected chi connectivity index (χ2v) is 5.82. The number of ketones is 1. The second kappa shape index (κ2) is 6.49. The van der Waals surface area contributed by atoms with E-state index >= 15 is 0 Å². The lowest BCUT2D eigenvalue weighted by atomic mass is 10.1. The minimum Gasteiger partial charge on any atom is -0.289 e. The van der Waals surface area contributed by atoms with E-state index in [0.29, 0.717) is 32.5 Å². The number of carbonyl (C=O) groups excluding carboxylic acids is 1. The molecule has 1 aromatic carbocycles. The third kappa shape index (κ3) is 3.26. The largest absolute Gasteiger partial charge is 0.289 e. The van der Waals surface area contributed by atoms with Crippen LogP contribution in [0.1, 0.15) is 21.6 Å².